The van der Waals surface area contributed by atoms with Gasteiger partial charge >= 0.3 is 0 Å². The van der Waals surface area contributed by atoms with Gasteiger partial charge in [-0.25, -0.2) is 13.8 Å². The molecule has 4 aromatic rings. The van der Waals surface area contributed by atoms with Crippen LogP contribution < -0.4 is 5.32 Å². The van der Waals surface area contributed by atoms with Crippen molar-refractivity contribution in [2.45, 2.75) is 0 Å². The molecule has 0 aliphatic carbocycles. The molecule has 0 unspecified atom stereocenters. The summed E-state index contributed by atoms with van der Waals surface area (Å²) < 4.78 is 26.5. The van der Waals surface area contributed by atoms with E-state index in [1.54, 1.807) is 42.6 Å². The van der Waals surface area contributed by atoms with Crippen molar-refractivity contribution in [1.82, 2.24) is 9.97 Å². The molecule has 0 atom stereocenters. The van der Waals surface area contributed by atoms with Gasteiger partial charge in [0.25, 0.3) is 5.91 Å². The van der Waals surface area contributed by atoms with Crippen LogP contribution in [0.3, 0.4) is 0 Å². The van der Waals surface area contributed by atoms with Crippen LogP contribution in [0.2, 0.25) is 0 Å². The number of amides is 1. The molecule has 4 nitrogen and oxygen atoms in total. The fourth-order valence-corrected chi connectivity index (χ4v) is 2.78. The fraction of sp³-hybridized carbons (Fsp3) is 0. The van der Waals surface area contributed by atoms with Crippen LogP contribution in [0.25, 0.3) is 22.3 Å². The van der Waals surface area contributed by atoms with Crippen LogP contribution in [-0.2, 0) is 0 Å². The Morgan fingerprint density at radius 3 is 2.44 bits per heavy atom. The predicted octanol–water partition coefficient (Wildman–Crippen LogP) is 4.83. The minimum Gasteiger partial charge on any atom is -0.322 e. The highest BCUT2D eigenvalue weighted by Gasteiger charge is 2.15. The van der Waals surface area contributed by atoms with E-state index in [-0.39, 0.29) is 5.69 Å². The molecule has 132 valence electrons. The van der Waals surface area contributed by atoms with Gasteiger partial charge in [-0.05, 0) is 36.4 Å². The first-order chi connectivity index (χ1) is 13.1. The number of benzene rings is 2. The molecule has 0 fully saturated rings. The van der Waals surface area contributed by atoms with E-state index in [2.05, 4.69) is 15.3 Å². The van der Waals surface area contributed by atoms with Crippen LogP contribution in [0.15, 0.2) is 72.9 Å². The summed E-state index contributed by atoms with van der Waals surface area (Å²) in [5, 5.41) is 3.25. The van der Waals surface area contributed by atoms with Crippen LogP contribution in [0.4, 0.5) is 14.5 Å². The number of carbonyl (C=O) groups excluding carboxylic acids is 1. The number of nitrogens with zero attached hydrogens (tertiary/aromatic N) is 2. The molecule has 0 spiro atoms. The zero-order chi connectivity index (χ0) is 18.8. The number of nitrogens with one attached hydrogen (secondary N) is 1. The molecule has 0 aliphatic rings. The third-order valence-electron chi connectivity index (χ3n) is 4.07. The fourth-order valence-electron chi connectivity index (χ4n) is 2.78. The topological polar surface area (TPSA) is 54.9 Å². The summed E-state index contributed by atoms with van der Waals surface area (Å²) in [6.07, 6.45) is 1.65. The van der Waals surface area contributed by atoms with Crippen molar-refractivity contribution in [1.29, 1.82) is 0 Å². The summed E-state index contributed by atoms with van der Waals surface area (Å²) in [5.41, 5.74) is 2.34. The summed E-state index contributed by atoms with van der Waals surface area (Å²) in [4.78, 5) is 21.7. The lowest BCUT2D eigenvalue weighted by Gasteiger charge is -2.10. The smallest absolute Gasteiger partial charge is 0.256 e. The van der Waals surface area contributed by atoms with Gasteiger partial charge in [0, 0.05) is 23.3 Å². The summed E-state index contributed by atoms with van der Waals surface area (Å²) in [7, 11) is 0. The van der Waals surface area contributed by atoms with Crippen molar-refractivity contribution in [2.24, 2.45) is 0 Å². The second kappa shape index (κ2) is 6.92. The van der Waals surface area contributed by atoms with Gasteiger partial charge in [0.1, 0.15) is 0 Å². The number of fused-ring (bicyclic) bond motifs is 1. The monoisotopic (exact) mass is 361 g/mol. The molecule has 2 heterocycles. The van der Waals surface area contributed by atoms with Crippen molar-refractivity contribution in [3.05, 3.63) is 90.1 Å². The van der Waals surface area contributed by atoms with Crippen LogP contribution in [0, 0.1) is 11.6 Å². The molecular formula is C21H13F2N3O. The summed E-state index contributed by atoms with van der Waals surface area (Å²) in [5.74, 6) is -2.45. The van der Waals surface area contributed by atoms with Crippen molar-refractivity contribution in [3.63, 3.8) is 0 Å². The number of aromatic nitrogens is 2. The highest BCUT2D eigenvalue weighted by atomic mass is 19.2. The number of anilines is 1. The van der Waals surface area contributed by atoms with Crippen LogP contribution in [0.1, 0.15) is 10.4 Å². The van der Waals surface area contributed by atoms with E-state index >= 15 is 0 Å². The van der Waals surface area contributed by atoms with Crippen molar-refractivity contribution < 1.29 is 13.6 Å². The van der Waals surface area contributed by atoms with Gasteiger partial charge in [-0.2, -0.15) is 0 Å². The molecule has 27 heavy (non-hydrogen) atoms. The Bertz CT molecular complexity index is 1150. The van der Waals surface area contributed by atoms with E-state index in [9.17, 15) is 13.6 Å². The average Bonchev–Trinajstić information content (AvgIpc) is 2.70. The van der Waals surface area contributed by atoms with Gasteiger partial charge in [0.2, 0.25) is 0 Å². The number of rotatable bonds is 3. The average molecular weight is 361 g/mol. The Labute approximate surface area is 153 Å². The largest absolute Gasteiger partial charge is 0.322 e. The standard InChI is InChI=1S/C21H13F2N3O/c22-16-9-8-13(11-17(16)23)25-21(27)15-12-20(19-7-3-4-10-24-19)26-18-6-2-1-5-14(15)18/h1-12H,(H,25,27). The molecule has 1 amide bonds. The van der Waals surface area contributed by atoms with E-state index in [0.29, 0.717) is 27.9 Å². The maximum atomic E-state index is 13.4. The van der Waals surface area contributed by atoms with E-state index in [4.69, 9.17) is 0 Å². The SMILES string of the molecule is O=C(Nc1ccc(F)c(F)c1)c1cc(-c2ccccn2)nc2ccccc12. The van der Waals surface area contributed by atoms with E-state index in [1.807, 2.05) is 12.1 Å². The first-order valence-corrected chi connectivity index (χ1v) is 8.19. The third kappa shape index (κ3) is 3.37. The lowest BCUT2D eigenvalue weighted by Crippen LogP contribution is -2.13. The quantitative estimate of drug-likeness (QED) is 0.569. The van der Waals surface area contributed by atoms with Crippen LogP contribution in [0.5, 0.6) is 0 Å². The maximum absolute atomic E-state index is 13.4. The maximum Gasteiger partial charge on any atom is 0.256 e. The molecule has 0 aliphatic heterocycles. The van der Waals surface area contributed by atoms with Crippen LogP contribution >= 0.6 is 0 Å². The zero-order valence-electron chi connectivity index (χ0n) is 14.0. The molecule has 2 aromatic heterocycles. The number of pyridine rings is 2. The van der Waals surface area contributed by atoms with E-state index in [1.165, 1.54) is 6.07 Å². The Balaban J connectivity index is 1.79. The number of hydrogen-bond donors (Lipinski definition) is 1. The summed E-state index contributed by atoms with van der Waals surface area (Å²) in [6.45, 7) is 0. The van der Waals surface area contributed by atoms with E-state index in [0.717, 1.165) is 12.1 Å². The molecule has 4 rings (SSSR count). The van der Waals surface area contributed by atoms with Gasteiger partial charge in [0.15, 0.2) is 11.6 Å². The van der Waals surface area contributed by atoms with Gasteiger partial charge in [0.05, 0.1) is 22.5 Å². The normalized spacial score (nSPS) is 10.7. The second-order valence-corrected chi connectivity index (χ2v) is 5.87. The molecule has 0 radical (unpaired) electrons. The van der Waals surface area contributed by atoms with Gasteiger partial charge in [-0.3, -0.25) is 9.78 Å². The predicted molar refractivity (Wildman–Crippen MR) is 99.3 cm³/mol. The highest BCUT2D eigenvalue weighted by Crippen LogP contribution is 2.25. The first-order valence-electron chi connectivity index (χ1n) is 8.19. The van der Waals surface area contributed by atoms with Crippen molar-refractivity contribution in [2.75, 3.05) is 5.32 Å². The Kier molecular flexibility index (Phi) is 4.30. The summed E-state index contributed by atoms with van der Waals surface area (Å²) in [6, 6.07) is 17.5. The number of hydrogen-bond acceptors (Lipinski definition) is 3. The Morgan fingerprint density at radius 2 is 1.67 bits per heavy atom. The highest BCUT2D eigenvalue weighted by molar-refractivity contribution is 6.13. The molecular weight excluding hydrogens is 348 g/mol. The molecule has 0 saturated carbocycles. The van der Waals surface area contributed by atoms with Gasteiger partial charge in [-0.1, -0.05) is 24.3 Å². The van der Waals surface area contributed by atoms with Crippen molar-refractivity contribution >= 4 is 22.5 Å². The first kappa shape index (κ1) is 16.8. The number of halogens is 2. The lowest BCUT2D eigenvalue weighted by atomic mass is 10.1. The zero-order valence-corrected chi connectivity index (χ0v) is 14.0. The minimum atomic E-state index is -1.03. The second-order valence-electron chi connectivity index (χ2n) is 5.87. The molecule has 6 heteroatoms. The molecule has 1 N–H and O–H groups in total. The molecule has 0 bridgehead atoms. The van der Waals surface area contributed by atoms with Gasteiger partial charge < -0.3 is 5.32 Å². The molecule has 0 saturated heterocycles. The molecule has 2 aromatic carbocycles. The Morgan fingerprint density at radius 1 is 0.852 bits per heavy atom. The van der Waals surface area contributed by atoms with Crippen molar-refractivity contribution in [3.8, 4) is 11.4 Å². The van der Waals surface area contributed by atoms with Gasteiger partial charge in [-0.15, -0.1) is 0 Å². The number of para-hydroxylation sites is 1. The minimum absolute atomic E-state index is 0.166. The number of carbonyl (C=O) groups is 1. The third-order valence-corrected chi connectivity index (χ3v) is 4.07. The summed E-state index contributed by atoms with van der Waals surface area (Å²) >= 11 is 0. The van der Waals surface area contributed by atoms with E-state index < -0.39 is 17.5 Å². The Hall–Kier alpha value is -3.67. The lowest BCUT2D eigenvalue weighted by molar-refractivity contribution is 0.102. The van der Waals surface area contributed by atoms with Crippen LogP contribution in [-0.4, -0.2) is 15.9 Å².